The van der Waals surface area contributed by atoms with E-state index in [-0.39, 0.29) is 30.5 Å². The molecule has 2 aromatic rings. The molecule has 2 fully saturated rings. The van der Waals surface area contributed by atoms with E-state index in [2.05, 4.69) is 34.1 Å². The van der Waals surface area contributed by atoms with Gasteiger partial charge >= 0.3 is 5.97 Å². The number of oxime groups is 1. The summed E-state index contributed by atoms with van der Waals surface area (Å²) in [6, 6.07) is 18.1. The number of nitrogens with one attached hydrogen (secondary N) is 1. The lowest BCUT2D eigenvalue weighted by Gasteiger charge is -2.34. The van der Waals surface area contributed by atoms with Gasteiger partial charge in [0.05, 0.1) is 24.4 Å². The van der Waals surface area contributed by atoms with E-state index in [1.54, 1.807) is 0 Å². The summed E-state index contributed by atoms with van der Waals surface area (Å²) in [6.45, 7) is 0.783. The molecule has 0 bridgehead atoms. The van der Waals surface area contributed by atoms with Crippen LogP contribution in [0.4, 0.5) is 0 Å². The van der Waals surface area contributed by atoms with Crippen LogP contribution < -0.4 is 15.2 Å². The van der Waals surface area contributed by atoms with Crippen LogP contribution in [-0.4, -0.2) is 51.1 Å². The van der Waals surface area contributed by atoms with Gasteiger partial charge in [-0.15, -0.1) is 11.6 Å². The highest BCUT2D eigenvalue weighted by atomic mass is 35.5. The number of nitrogens with two attached hydrogens (primary N) is 1. The van der Waals surface area contributed by atoms with Gasteiger partial charge in [0.2, 0.25) is 10.0 Å². The molecule has 40 heavy (non-hydrogen) atoms. The molecule has 0 saturated heterocycles. The monoisotopic (exact) mass is 591 g/mol. The van der Waals surface area contributed by atoms with Crippen molar-refractivity contribution in [3.05, 3.63) is 65.7 Å². The third-order valence-electron chi connectivity index (χ3n) is 7.75. The first kappa shape index (κ1) is 30.3. The molecule has 0 unspecified atom stereocenters. The van der Waals surface area contributed by atoms with E-state index < -0.39 is 21.4 Å². The lowest BCUT2D eigenvalue weighted by Crippen LogP contribution is -2.43. The maximum atomic E-state index is 11.8. The highest BCUT2D eigenvalue weighted by Gasteiger charge is 2.45. The minimum atomic E-state index is -3.39. The molecule has 0 aromatic heterocycles. The predicted molar refractivity (Wildman–Crippen MR) is 155 cm³/mol. The molecule has 2 aromatic carbocycles. The molecule has 4 rings (SSSR count). The fourth-order valence-electron chi connectivity index (χ4n) is 5.69. The summed E-state index contributed by atoms with van der Waals surface area (Å²) in [5, 5.41) is 3.83. The number of hydrogen-bond donors (Lipinski definition) is 2. The van der Waals surface area contributed by atoms with Crippen LogP contribution in [0.5, 0.6) is 5.75 Å². The number of rotatable bonds is 12. The quantitative estimate of drug-likeness (QED) is 0.123. The predicted octanol–water partition coefficient (Wildman–Crippen LogP) is 4.45. The Kier molecular flexibility index (Phi) is 10.5. The van der Waals surface area contributed by atoms with Crippen LogP contribution in [0.25, 0.3) is 0 Å². The van der Waals surface area contributed by atoms with Crippen molar-refractivity contribution in [2.24, 2.45) is 16.3 Å². The van der Waals surface area contributed by atoms with Crippen LogP contribution in [0.2, 0.25) is 0 Å². The Morgan fingerprint density at radius 2 is 1.77 bits per heavy atom. The lowest BCUT2D eigenvalue weighted by molar-refractivity contribution is -0.140. The Balaban J connectivity index is 1.36. The second-order valence-electron chi connectivity index (χ2n) is 10.8. The minimum absolute atomic E-state index is 0.0330. The van der Waals surface area contributed by atoms with Gasteiger partial charge in [0.1, 0.15) is 24.1 Å². The summed E-state index contributed by atoms with van der Waals surface area (Å²) in [7, 11) is -3.39. The van der Waals surface area contributed by atoms with Gasteiger partial charge < -0.3 is 20.0 Å². The third-order valence-corrected chi connectivity index (χ3v) is 8.73. The number of hydrogen-bond acceptors (Lipinski definition) is 7. The lowest BCUT2D eigenvalue weighted by atomic mass is 9.81. The molecule has 0 aliphatic heterocycles. The average molecular weight is 592 g/mol. The van der Waals surface area contributed by atoms with Crippen molar-refractivity contribution in [2.75, 3.05) is 18.7 Å². The van der Waals surface area contributed by atoms with Gasteiger partial charge in [-0.25, -0.2) is 17.9 Å². The largest absolute Gasteiger partial charge is 0.489 e. The number of para-hydroxylation sites is 1. The van der Waals surface area contributed by atoms with Crippen LogP contribution in [0.1, 0.15) is 62.0 Å². The first-order valence-electron chi connectivity index (χ1n) is 13.6. The highest BCUT2D eigenvalue weighted by Crippen LogP contribution is 2.42. The fourth-order valence-corrected chi connectivity index (χ4v) is 6.55. The number of amidine groups is 1. The smallest absolute Gasteiger partial charge is 0.349 e. The van der Waals surface area contributed by atoms with Gasteiger partial charge in [0.25, 0.3) is 0 Å². The van der Waals surface area contributed by atoms with Crippen molar-refractivity contribution < 1.29 is 27.5 Å². The van der Waals surface area contributed by atoms with Gasteiger partial charge in [0.15, 0.2) is 0 Å². The van der Waals surface area contributed by atoms with Gasteiger partial charge in [-0.05, 0) is 68.1 Å². The van der Waals surface area contributed by atoms with E-state index >= 15 is 0 Å². The number of sulfonamides is 1. The Bertz CT molecular complexity index is 1270. The summed E-state index contributed by atoms with van der Waals surface area (Å²) in [5.74, 6) is 0.345. The number of nitrogens with zero attached hydrogens (tertiary/aromatic N) is 1. The van der Waals surface area contributed by atoms with Crippen LogP contribution in [0, 0.1) is 5.41 Å². The molecule has 0 heterocycles. The van der Waals surface area contributed by atoms with E-state index in [0.29, 0.717) is 31.8 Å². The number of ether oxygens (including phenoxy) is 2. The Hall–Kier alpha value is -2.66. The van der Waals surface area contributed by atoms with E-state index in [4.69, 9.17) is 31.6 Å². The molecular weight excluding hydrogens is 554 g/mol. The number of halogens is 1. The zero-order chi connectivity index (χ0) is 28.6. The SMILES string of the molecule is CS(=O)(=O)N[C@H]1CC[C@](COC2CCC(c3ccccc3OCc3ccccc3)CC2)(/C(N)=N/OC(=O)CCl)C1. The van der Waals surface area contributed by atoms with Gasteiger partial charge in [-0.1, -0.05) is 53.7 Å². The first-order valence-corrected chi connectivity index (χ1v) is 16.0. The third kappa shape index (κ3) is 8.42. The number of carbonyl (C=O) groups is 1. The number of alkyl halides is 1. The van der Waals surface area contributed by atoms with Crippen LogP contribution in [0.15, 0.2) is 59.8 Å². The Morgan fingerprint density at radius 3 is 2.48 bits per heavy atom. The molecule has 9 nitrogen and oxygen atoms in total. The van der Waals surface area contributed by atoms with Gasteiger partial charge in [0, 0.05) is 6.04 Å². The Morgan fingerprint density at radius 1 is 1.07 bits per heavy atom. The van der Waals surface area contributed by atoms with Crippen LogP contribution >= 0.6 is 11.6 Å². The zero-order valence-electron chi connectivity index (χ0n) is 22.8. The molecule has 3 N–H and O–H groups in total. The van der Waals surface area contributed by atoms with Gasteiger partial charge in [-0.2, -0.15) is 0 Å². The first-order chi connectivity index (χ1) is 19.2. The minimum Gasteiger partial charge on any atom is -0.489 e. The van der Waals surface area contributed by atoms with E-state index in [1.807, 2.05) is 30.3 Å². The molecule has 2 aliphatic rings. The van der Waals surface area contributed by atoms with E-state index in [9.17, 15) is 13.2 Å². The molecule has 2 atom stereocenters. The number of benzene rings is 2. The highest BCUT2D eigenvalue weighted by molar-refractivity contribution is 7.88. The molecule has 0 amide bonds. The molecule has 2 saturated carbocycles. The average Bonchev–Trinajstić information content (AvgIpc) is 3.37. The normalized spacial score (nSPS) is 25.4. The summed E-state index contributed by atoms with van der Waals surface area (Å²) < 4.78 is 38.9. The standard InChI is InChI=1S/C29H38ClN3O6S/c1-40(35,36)33-23-15-16-29(17-23,28(31)32-39-27(34)18-30)20-38-24-13-11-22(12-14-24)25-9-5-6-10-26(25)37-19-21-7-3-2-4-8-21/h2-10,22-24,33H,11-20H2,1H3,(H2,31,32)/t22?,23-,24?,29-/m0/s1. The summed E-state index contributed by atoms with van der Waals surface area (Å²) in [5.41, 5.74) is 7.90. The molecular formula is C29H38ClN3O6S. The second-order valence-corrected chi connectivity index (χ2v) is 12.8. The summed E-state index contributed by atoms with van der Waals surface area (Å²) in [6.07, 6.45) is 6.34. The van der Waals surface area contributed by atoms with Crippen LogP contribution in [-0.2, 0) is 31.0 Å². The molecule has 218 valence electrons. The van der Waals surface area contributed by atoms with Crippen molar-refractivity contribution in [3.63, 3.8) is 0 Å². The Labute approximate surface area is 241 Å². The molecule has 0 radical (unpaired) electrons. The van der Waals surface area contributed by atoms with Gasteiger partial charge in [-0.3, -0.25) is 0 Å². The molecule has 0 spiro atoms. The van der Waals surface area contributed by atoms with Crippen molar-refractivity contribution in [1.82, 2.24) is 4.72 Å². The fraction of sp³-hybridized carbons (Fsp3) is 0.517. The van der Waals surface area contributed by atoms with Crippen molar-refractivity contribution >= 4 is 33.4 Å². The summed E-state index contributed by atoms with van der Waals surface area (Å²) in [4.78, 5) is 16.4. The zero-order valence-corrected chi connectivity index (χ0v) is 24.3. The maximum Gasteiger partial charge on any atom is 0.349 e. The van der Waals surface area contributed by atoms with E-state index in [0.717, 1.165) is 43.3 Å². The number of carbonyl (C=O) groups excluding carboxylic acids is 1. The van der Waals surface area contributed by atoms with Crippen molar-refractivity contribution in [3.8, 4) is 5.75 Å². The van der Waals surface area contributed by atoms with E-state index in [1.165, 1.54) is 5.56 Å². The van der Waals surface area contributed by atoms with Crippen molar-refractivity contribution in [2.45, 2.75) is 69.6 Å². The molecule has 11 heteroatoms. The maximum absolute atomic E-state index is 11.8. The molecule has 2 aliphatic carbocycles. The summed E-state index contributed by atoms with van der Waals surface area (Å²) >= 11 is 5.51. The second kappa shape index (κ2) is 13.8. The topological polar surface area (TPSA) is 129 Å². The van der Waals surface area contributed by atoms with Crippen LogP contribution in [0.3, 0.4) is 0 Å². The van der Waals surface area contributed by atoms with Crippen molar-refractivity contribution in [1.29, 1.82) is 0 Å².